The van der Waals surface area contributed by atoms with Crippen molar-refractivity contribution in [1.29, 1.82) is 0 Å². The molecule has 2 N–H and O–H groups in total. The number of likely N-dealkylation sites (tertiary alicyclic amines) is 1. The van der Waals surface area contributed by atoms with E-state index in [1.54, 1.807) is 19.2 Å². The minimum absolute atomic E-state index is 0. The standard InChI is InChI=1S/C19H30F3N5.HI/c1-23-18(24-10-4-11-26(2)3)25-17-9-12-27(14-17)13-15-5-7-16(8-6-15)19(20,21)22;/h5-8,17H,4,9-14H2,1-3H3,(H2,23,24,25);1H. The predicted molar refractivity (Wildman–Crippen MR) is 118 cm³/mol. The van der Waals surface area contributed by atoms with Crippen molar-refractivity contribution in [3.05, 3.63) is 35.4 Å². The van der Waals surface area contributed by atoms with E-state index in [1.807, 2.05) is 0 Å². The molecule has 9 heteroatoms. The summed E-state index contributed by atoms with van der Waals surface area (Å²) in [7, 11) is 5.86. The Hall–Kier alpha value is -1.07. The lowest BCUT2D eigenvalue weighted by Crippen LogP contribution is -2.45. The molecule has 1 fully saturated rings. The molecule has 160 valence electrons. The molecule has 1 unspecified atom stereocenters. The second-order valence-electron chi connectivity index (χ2n) is 7.22. The number of nitrogens with zero attached hydrogens (tertiary/aromatic N) is 3. The van der Waals surface area contributed by atoms with Crippen LogP contribution >= 0.6 is 24.0 Å². The van der Waals surface area contributed by atoms with Gasteiger partial charge in [0.2, 0.25) is 0 Å². The van der Waals surface area contributed by atoms with Crippen LogP contribution in [0.2, 0.25) is 0 Å². The molecule has 2 rings (SSSR count). The van der Waals surface area contributed by atoms with Crippen LogP contribution in [0.1, 0.15) is 24.0 Å². The fourth-order valence-corrected chi connectivity index (χ4v) is 3.14. The summed E-state index contributed by atoms with van der Waals surface area (Å²) in [5, 5.41) is 6.76. The van der Waals surface area contributed by atoms with Crippen LogP contribution in [0.5, 0.6) is 0 Å². The van der Waals surface area contributed by atoms with Gasteiger partial charge in [-0.2, -0.15) is 13.2 Å². The number of aliphatic imine (C=N–C) groups is 1. The van der Waals surface area contributed by atoms with Crippen LogP contribution in [-0.4, -0.2) is 69.1 Å². The van der Waals surface area contributed by atoms with E-state index in [0.717, 1.165) is 62.7 Å². The topological polar surface area (TPSA) is 42.9 Å². The molecule has 0 spiro atoms. The largest absolute Gasteiger partial charge is 0.416 e. The van der Waals surface area contributed by atoms with Crippen molar-refractivity contribution >= 4 is 29.9 Å². The zero-order valence-corrected chi connectivity index (χ0v) is 19.1. The van der Waals surface area contributed by atoms with E-state index in [0.29, 0.717) is 12.6 Å². The van der Waals surface area contributed by atoms with Gasteiger partial charge in [-0.15, -0.1) is 24.0 Å². The van der Waals surface area contributed by atoms with Crippen molar-refractivity contribution in [3.63, 3.8) is 0 Å². The number of halogens is 4. The monoisotopic (exact) mass is 513 g/mol. The third-order valence-electron chi connectivity index (χ3n) is 4.60. The van der Waals surface area contributed by atoms with Crippen LogP contribution in [0.3, 0.4) is 0 Å². The number of guanidine groups is 1. The highest BCUT2D eigenvalue weighted by Gasteiger charge is 2.30. The van der Waals surface area contributed by atoms with E-state index in [2.05, 4.69) is 39.5 Å². The summed E-state index contributed by atoms with van der Waals surface area (Å²) in [6.07, 6.45) is -2.26. The molecule has 0 radical (unpaired) electrons. The zero-order valence-electron chi connectivity index (χ0n) is 16.7. The van der Waals surface area contributed by atoms with E-state index < -0.39 is 11.7 Å². The van der Waals surface area contributed by atoms with Crippen molar-refractivity contribution in [2.75, 3.05) is 47.3 Å². The number of benzene rings is 1. The molecular formula is C19H31F3IN5. The van der Waals surface area contributed by atoms with E-state index in [4.69, 9.17) is 0 Å². The van der Waals surface area contributed by atoms with Gasteiger partial charge in [-0.1, -0.05) is 12.1 Å². The highest BCUT2D eigenvalue weighted by Crippen LogP contribution is 2.29. The maximum atomic E-state index is 12.6. The molecule has 0 amide bonds. The second kappa shape index (κ2) is 11.8. The summed E-state index contributed by atoms with van der Waals surface area (Å²) >= 11 is 0. The summed E-state index contributed by atoms with van der Waals surface area (Å²) in [5.74, 6) is 0.801. The molecule has 0 aromatic heterocycles. The number of nitrogens with one attached hydrogen (secondary N) is 2. The molecule has 0 aliphatic carbocycles. The zero-order chi connectivity index (χ0) is 19.9. The molecule has 1 aliphatic rings. The van der Waals surface area contributed by atoms with Crippen molar-refractivity contribution < 1.29 is 13.2 Å². The van der Waals surface area contributed by atoms with Crippen molar-refractivity contribution in [1.82, 2.24) is 20.4 Å². The number of alkyl halides is 3. The van der Waals surface area contributed by atoms with E-state index in [-0.39, 0.29) is 24.0 Å². The fraction of sp³-hybridized carbons (Fsp3) is 0.632. The third-order valence-corrected chi connectivity index (χ3v) is 4.60. The fourth-order valence-electron chi connectivity index (χ4n) is 3.14. The lowest BCUT2D eigenvalue weighted by molar-refractivity contribution is -0.137. The average molecular weight is 513 g/mol. The summed E-state index contributed by atoms with van der Waals surface area (Å²) in [5.41, 5.74) is 0.297. The Morgan fingerprint density at radius 2 is 1.93 bits per heavy atom. The van der Waals surface area contributed by atoms with Gasteiger partial charge in [0.25, 0.3) is 0 Å². The lowest BCUT2D eigenvalue weighted by atomic mass is 10.1. The first kappa shape index (κ1) is 25.0. The number of rotatable bonds is 7. The van der Waals surface area contributed by atoms with Gasteiger partial charge in [0.15, 0.2) is 5.96 Å². The number of hydrogen-bond acceptors (Lipinski definition) is 3. The maximum absolute atomic E-state index is 12.6. The molecular weight excluding hydrogens is 482 g/mol. The minimum Gasteiger partial charge on any atom is -0.356 e. The molecule has 1 saturated heterocycles. The third kappa shape index (κ3) is 8.52. The van der Waals surface area contributed by atoms with Crippen LogP contribution in [0.25, 0.3) is 0 Å². The van der Waals surface area contributed by atoms with Crippen LogP contribution < -0.4 is 10.6 Å². The maximum Gasteiger partial charge on any atom is 0.416 e. The van der Waals surface area contributed by atoms with Crippen LogP contribution in [0.15, 0.2) is 29.3 Å². The molecule has 1 aromatic carbocycles. The van der Waals surface area contributed by atoms with Crippen molar-refractivity contribution in [3.8, 4) is 0 Å². The molecule has 1 heterocycles. The number of hydrogen-bond donors (Lipinski definition) is 2. The van der Waals surface area contributed by atoms with Crippen molar-refractivity contribution in [2.45, 2.75) is 31.6 Å². The second-order valence-corrected chi connectivity index (χ2v) is 7.22. The Kier molecular flexibility index (Phi) is 10.5. The smallest absolute Gasteiger partial charge is 0.356 e. The van der Waals surface area contributed by atoms with E-state index >= 15 is 0 Å². The van der Waals surface area contributed by atoms with Gasteiger partial charge in [0, 0.05) is 39.3 Å². The molecule has 0 saturated carbocycles. The van der Waals surface area contributed by atoms with Gasteiger partial charge in [0.05, 0.1) is 5.56 Å². The normalized spacial score (nSPS) is 18.2. The van der Waals surface area contributed by atoms with Gasteiger partial charge in [-0.3, -0.25) is 9.89 Å². The summed E-state index contributed by atoms with van der Waals surface area (Å²) in [6.45, 7) is 4.30. The first-order valence-corrected chi connectivity index (χ1v) is 9.28. The predicted octanol–water partition coefficient (Wildman–Crippen LogP) is 3.01. The Morgan fingerprint density at radius 1 is 1.25 bits per heavy atom. The molecule has 0 bridgehead atoms. The quantitative estimate of drug-likeness (QED) is 0.255. The van der Waals surface area contributed by atoms with Gasteiger partial charge < -0.3 is 15.5 Å². The molecule has 1 aromatic rings. The van der Waals surface area contributed by atoms with Crippen LogP contribution in [-0.2, 0) is 12.7 Å². The highest BCUT2D eigenvalue weighted by atomic mass is 127. The van der Waals surface area contributed by atoms with Gasteiger partial charge in [-0.25, -0.2) is 0 Å². The molecule has 1 atom stereocenters. The SMILES string of the molecule is CN=C(NCCCN(C)C)NC1CCN(Cc2ccc(C(F)(F)F)cc2)C1.I. The Morgan fingerprint density at radius 3 is 2.50 bits per heavy atom. The first-order valence-electron chi connectivity index (χ1n) is 9.28. The Balaban J connectivity index is 0.00000392. The van der Waals surface area contributed by atoms with E-state index in [1.165, 1.54) is 0 Å². The molecule has 5 nitrogen and oxygen atoms in total. The highest BCUT2D eigenvalue weighted by molar-refractivity contribution is 14.0. The first-order chi connectivity index (χ1) is 12.8. The Labute approximate surface area is 182 Å². The van der Waals surface area contributed by atoms with Gasteiger partial charge in [-0.05, 0) is 51.2 Å². The Bertz CT molecular complexity index is 605. The summed E-state index contributed by atoms with van der Waals surface area (Å²) in [4.78, 5) is 8.66. The summed E-state index contributed by atoms with van der Waals surface area (Å²) < 4.78 is 37.9. The average Bonchev–Trinajstić information content (AvgIpc) is 3.04. The van der Waals surface area contributed by atoms with Crippen LogP contribution in [0, 0.1) is 0 Å². The lowest BCUT2D eigenvalue weighted by Gasteiger charge is -2.19. The van der Waals surface area contributed by atoms with Crippen LogP contribution in [0.4, 0.5) is 13.2 Å². The van der Waals surface area contributed by atoms with E-state index in [9.17, 15) is 13.2 Å². The van der Waals surface area contributed by atoms with Crippen molar-refractivity contribution in [2.24, 2.45) is 4.99 Å². The van der Waals surface area contributed by atoms with Gasteiger partial charge in [0.1, 0.15) is 0 Å². The molecule has 1 aliphatic heterocycles. The minimum atomic E-state index is -4.28. The molecule has 28 heavy (non-hydrogen) atoms. The van der Waals surface area contributed by atoms with Gasteiger partial charge >= 0.3 is 6.18 Å². The summed E-state index contributed by atoms with van der Waals surface area (Å²) in [6, 6.07) is 5.73.